The van der Waals surface area contributed by atoms with Crippen LogP contribution in [0, 0.1) is 6.92 Å². The number of rotatable bonds is 16. The number of benzene rings is 5. The van der Waals surface area contributed by atoms with Crippen molar-refractivity contribution in [2.75, 3.05) is 29.5 Å². The number of thioether (sulfide) groups is 1. The molecular weight excluding hydrogens is 802 g/mol. The van der Waals surface area contributed by atoms with Gasteiger partial charge < -0.3 is 27.4 Å². The molecule has 0 aromatic heterocycles. The van der Waals surface area contributed by atoms with Crippen LogP contribution >= 0.6 is 11.8 Å². The Morgan fingerprint density at radius 1 is 0.885 bits per heavy atom. The molecular formula is C52H60N3NaO3S2. The first-order valence-corrected chi connectivity index (χ1v) is 23.9. The van der Waals surface area contributed by atoms with Gasteiger partial charge in [0.1, 0.15) is 5.69 Å². The molecule has 7 rings (SSSR count). The molecule has 1 aliphatic heterocycles. The molecule has 0 bridgehead atoms. The fourth-order valence-corrected chi connectivity index (χ4v) is 10.9. The molecule has 6 nitrogen and oxygen atoms in total. The zero-order valence-corrected chi connectivity index (χ0v) is 40.3. The van der Waals surface area contributed by atoms with Crippen LogP contribution in [0.15, 0.2) is 148 Å². The standard InChI is InChI=1S/C52H60N3O3S2.Na/c1-6-7-35-55-46-31-24-38-17-9-11-22-44(38)49(46)52(4,5)47(55)32-25-40-19-14-18-39(50(40)59-42-28-26-41(53)27-29-42)20-15-33-51(2,3)48-43-21-10-8-16-37(43)23-30-45(48)54-34-12-13-36-60(56,57)58;/h8-11,15-17,20-32,54H,1,6-7,12-14,18-19,33-36,53H2,2-5H3,(H,56,57,58);/q-1;+1/b20-15+,40-25+,47-32+;. The summed E-state index contributed by atoms with van der Waals surface area (Å²) in [5.74, 6) is -0.316. The van der Waals surface area contributed by atoms with Crippen molar-refractivity contribution in [3.63, 3.8) is 0 Å². The van der Waals surface area contributed by atoms with Crippen molar-refractivity contribution in [1.29, 1.82) is 0 Å². The van der Waals surface area contributed by atoms with E-state index in [-0.39, 0.29) is 46.1 Å². The number of fused-ring (bicyclic) bond motifs is 4. The molecule has 4 N–H and O–H groups in total. The summed E-state index contributed by atoms with van der Waals surface area (Å²) < 4.78 is 33.6. The molecule has 1 aliphatic carbocycles. The Balaban J connectivity index is 0.00000622. The summed E-state index contributed by atoms with van der Waals surface area (Å²) in [6.45, 7) is 15.2. The third kappa shape index (κ3) is 11.0. The molecule has 0 saturated heterocycles. The summed E-state index contributed by atoms with van der Waals surface area (Å²) in [5.41, 5.74) is 15.7. The van der Waals surface area contributed by atoms with Crippen molar-refractivity contribution in [3.8, 4) is 0 Å². The Morgan fingerprint density at radius 3 is 2.30 bits per heavy atom. The number of unbranched alkanes of at least 4 members (excludes halogenated alkanes) is 2. The average Bonchev–Trinajstić information content (AvgIpc) is 3.44. The van der Waals surface area contributed by atoms with Crippen LogP contribution in [0.3, 0.4) is 0 Å². The number of nitrogens with two attached hydrogens (primary N) is 2. The van der Waals surface area contributed by atoms with Crippen molar-refractivity contribution in [2.24, 2.45) is 0 Å². The van der Waals surface area contributed by atoms with Gasteiger partial charge in [-0.25, -0.2) is 8.42 Å². The molecule has 0 amide bonds. The minimum Gasteiger partial charge on any atom is -0.748 e. The molecule has 0 spiro atoms. The molecule has 0 fully saturated rings. The maximum absolute atomic E-state index is 11.2. The van der Waals surface area contributed by atoms with E-state index in [0.717, 1.165) is 50.8 Å². The van der Waals surface area contributed by atoms with Gasteiger partial charge in [0, 0.05) is 50.1 Å². The van der Waals surface area contributed by atoms with E-state index in [1.54, 1.807) is 0 Å². The predicted octanol–water partition coefficient (Wildman–Crippen LogP) is 8.78. The van der Waals surface area contributed by atoms with Gasteiger partial charge in [0.05, 0.1) is 16.7 Å². The van der Waals surface area contributed by atoms with E-state index in [1.807, 2.05) is 23.9 Å². The number of quaternary nitrogens is 1. The van der Waals surface area contributed by atoms with Crippen molar-refractivity contribution in [2.45, 2.75) is 94.8 Å². The fourth-order valence-electron chi connectivity index (χ4n) is 9.22. The molecule has 5 aromatic rings. The summed E-state index contributed by atoms with van der Waals surface area (Å²) in [6, 6.07) is 34.5. The smallest absolute Gasteiger partial charge is 0.748 e. The average molecular weight is 862 g/mol. The van der Waals surface area contributed by atoms with Crippen LogP contribution in [0.2, 0.25) is 0 Å². The number of nitrogens with zero attached hydrogens (tertiary/aromatic N) is 1. The molecule has 0 atom stereocenters. The van der Waals surface area contributed by atoms with Gasteiger partial charge in [-0.2, -0.15) is 6.42 Å². The maximum atomic E-state index is 11.2. The van der Waals surface area contributed by atoms with Crippen LogP contribution in [-0.4, -0.2) is 31.8 Å². The molecule has 0 unspecified atom stereocenters. The topological polar surface area (TPSA) is 103 Å². The first-order valence-electron chi connectivity index (χ1n) is 21.5. The SMILES string of the molecule is [CH2-]CCCN1/C(=C/C=C2\CCCC(/C=C/CC(C)(C)c3c([NH2+]CCCCS(=O)(=O)[O-])ccc4ccccc34)=C2Sc2ccc(N)cc2)C(C)(C)c2c1ccc1ccccc21.[Na+]. The van der Waals surface area contributed by atoms with E-state index in [2.05, 4.69) is 154 Å². The Hall–Kier alpha value is -3.60. The Kier molecular flexibility index (Phi) is 15.6. The van der Waals surface area contributed by atoms with Crippen molar-refractivity contribution < 1.29 is 47.8 Å². The van der Waals surface area contributed by atoms with Crippen LogP contribution in [0.1, 0.15) is 90.2 Å². The van der Waals surface area contributed by atoms with Crippen LogP contribution in [-0.2, 0) is 20.9 Å². The van der Waals surface area contributed by atoms with Crippen molar-refractivity contribution in [3.05, 3.63) is 161 Å². The summed E-state index contributed by atoms with van der Waals surface area (Å²) in [5, 5.41) is 7.25. The van der Waals surface area contributed by atoms with E-state index in [9.17, 15) is 13.0 Å². The van der Waals surface area contributed by atoms with E-state index < -0.39 is 10.1 Å². The Labute approximate surface area is 390 Å². The van der Waals surface area contributed by atoms with Crippen molar-refractivity contribution >= 4 is 60.5 Å². The predicted molar refractivity (Wildman–Crippen MR) is 254 cm³/mol. The van der Waals surface area contributed by atoms with Gasteiger partial charge in [-0.3, -0.25) is 0 Å². The van der Waals surface area contributed by atoms with E-state index in [0.29, 0.717) is 19.4 Å². The second-order valence-electron chi connectivity index (χ2n) is 17.5. The van der Waals surface area contributed by atoms with Gasteiger partial charge in [-0.1, -0.05) is 119 Å². The quantitative estimate of drug-likeness (QED) is 0.0338. The summed E-state index contributed by atoms with van der Waals surface area (Å²) in [7, 11) is -4.20. The number of hydrogen-bond donors (Lipinski definition) is 2. The molecule has 9 heteroatoms. The fraction of sp³-hybridized carbons (Fsp3) is 0.327. The number of allylic oxidation sites excluding steroid dienone is 7. The van der Waals surface area contributed by atoms with Gasteiger partial charge in [0.2, 0.25) is 0 Å². The molecule has 1 heterocycles. The number of anilines is 2. The first-order chi connectivity index (χ1) is 28.8. The summed E-state index contributed by atoms with van der Waals surface area (Å²) >= 11 is 1.84. The minimum absolute atomic E-state index is 0. The minimum atomic E-state index is -4.20. The summed E-state index contributed by atoms with van der Waals surface area (Å²) in [6.07, 6.45) is 16.4. The van der Waals surface area contributed by atoms with Crippen LogP contribution in [0.4, 0.5) is 17.1 Å². The van der Waals surface area contributed by atoms with Gasteiger partial charge in [0.15, 0.2) is 0 Å². The van der Waals surface area contributed by atoms with Gasteiger partial charge in [0.25, 0.3) is 0 Å². The summed E-state index contributed by atoms with van der Waals surface area (Å²) in [4.78, 5) is 5.04. The Bertz CT molecular complexity index is 2590. The Morgan fingerprint density at radius 2 is 1.57 bits per heavy atom. The third-order valence-electron chi connectivity index (χ3n) is 12.2. The van der Waals surface area contributed by atoms with Crippen LogP contribution in [0.25, 0.3) is 21.5 Å². The third-order valence-corrected chi connectivity index (χ3v) is 14.2. The first kappa shape index (κ1) is 46.9. The van der Waals surface area contributed by atoms with Gasteiger partial charge >= 0.3 is 29.6 Å². The maximum Gasteiger partial charge on any atom is 1.00 e. The zero-order valence-electron chi connectivity index (χ0n) is 36.7. The van der Waals surface area contributed by atoms with E-state index in [1.165, 1.54) is 70.7 Å². The van der Waals surface area contributed by atoms with Crippen molar-refractivity contribution in [1.82, 2.24) is 0 Å². The number of hydrogen-bond acceptors (Lipinski definition) is 6. The number of nitrogen functional groups attached to an aromatic ring is 1. The monoisotopic (exact) mass is 861 g/mol. The molecule has 0 saturated carbocycles. The van der Waals surface area contributed by atoms with E-state index >= 15 is 0 Å². The van der Waals surface area contributed by atoms with Crippen LogP contribution in [0.5, 0.6) is 0 Å². The molecule has 2 aliphatic rings. The van der Waals surface area contributed by atoms with Gasteiger partial charge in [-0.15, -0.1) is 0 Å². The molecule has 5 aromatic carbocycles. The van der Waals surface area contributed by atoms with E-state index in [4.69, 9.17) is 5.73 Å². The zero-order chi connectivity index (χ0) is 42.5. The van der Waals surface area contributed by atoms with Crippen LogP contribution < -0.4 is 45.5 Å². The second kappa shape index (κ2) is 20.3. The second-order valence-corrected chi connectivity index (χ2v) is 20.1. The normalized spacial score (nSPS) is 16.9. The molecule has 314 valence electrons. The van der Waals surface area contributed by atoms with Gasteiger partial charge in [-0.05, 0) is 131 Å². The molecule has 61 heavy (non-hydrogen) atoms. The molecule has 0 radical (unpaired) electrons. The largest absolute Gasteiger partial charge is 1.00 e.